The molecule has 0 aromatic heterocycles. The largest absolute Gasteiger partial charge is 0.478 e. The minimum Gasteiger partial charge on any atom is -0.478 e. The van der Waals surface area contributed by atoms with Crippen molar-refractivity contribution in [2.24, 2.45) is 0 Å². The summed E-state index contributed by atoms with van der Waals surface area (Å²) in [6, 6.07) is 21.4. The number of carbonyl (C=O) groups excluding carboxylic acids is 5. The molecule has 2 aliphatic rings. The van der Waals surface area contributed by atoms with Gasteiger partial charge in [0.25, 0.3) is 0 Å². The molecule has 426 valence electrons. The van der Waals surface area contributed by atoms with Gasteiger partial charge in [0, 0.05) is 77.3 Å². The number of ether oxygens (including phenoxy) is 7. The predicted molar refractivity (Wildman–Crippen MR) is 285 cm³/mol. The van der Waals surface area contributed by atoms with Gasteiger partial charge in [0.2, 0.25) is 12.2 Å². The predicted octanol–water partition coefficient (Wildman–Crippen LogP) is 8.53. The van der Waals surface area contributed by atoms with Crippen molar-refractivity contribution < 1.29 is 75.8 Å². The third kappa shape index (κ3) is 22.5. The number of alkyl halides is 2. The molecular weight excluding hydrogens is 1000 g/mol. The average Bonchev–Trinajstić information content (AvgIpc) is 3.35. The van der Waals surface area contributed by atoms with Crippen molar-refractivity contribution in [3.63, 3.8) is 0 Å². The maximum atomic E-state index is 14.8. The topological polar surface area (TPSA) is 200 Å². The van der Waals surface area contributed by atoms with E-state index in [-0.39, 0.29) is 32.3 Å². The van der Waals surface area contributed by atoms with E-state index < -0.39 is 82.9 Å². The Bertz CT molecular complexity index is 2370. The van der Waals surface area contributed by atoms with Crippen molar-refractivity contribution in [1.29, 1.82) is 0 Å². The van der Waals surface area contributed by atoms with Crippen LogP contribution in [0, 0.1) is 0 Å². The summed E-state index contributed by atoms with van der Waals surface area (Å²) in [6.45, 7) is 20.9. The second-order valence-corrected chi connectivity index (χ2v) is 22.3. The Morgan fingerprint density at radius 3 is 1.26 bits per heavy atom. The van der Waals surface area contributed by atoms with E-state index in [1.807, 2.05) is 66.7 Å². The van der Waals surface area contributed by atoms with Crippen LogP contribution < -0.4 is 9.80 Å². The fraction of sp³-hybridized carbons (Fsp3) is 0.579. The number of hydrogen-bond acceptors (Lipinski definition) is 15. The van der Waals surface area contributed by atoms with Gasteiger partial charge in [-0.2, -0.15) is 0 Å². The normalized spacial score (nSPS) is 15.8. The lowest BCUT2D eigenvalue weighted by Crippen LogP contribution is -2.49. The molecule has 2 aliphatic heterocycles. The number of anilines is 2. The lowest BCUT2D eigenvalue weighted by Gasteiger charge is -2.32. The molecule has 3 aromatic carbocycles. The van der Waals surface area contributed by atoms with Crippen LogP contribution >= 0.6 is 0 Å². The molecule has 18 nitrogen and oxygen atoms in total. The Morgan fingerprint density at radius 2 is 0.909 bits per heavy atom. The van der Waals surface area contributed by atoms with Crippen LogP contribution in [0.15, 0.2) is 78.9 Å². The van der Waals surface area contributed by atoms with Crippen molar-refractivity contribution in [1.82, 2.24) is 9.80 Å². The minimum atomic E-state index is -1.83. The van der Waals surface area contributed by atoms with Crippen LogP contribution in [0.3, 0.4) is 0 Å². The Kier molecular flexibility index (Phi) is 23.1. The lowest BCUT2D eigenvalue weighted by molar-refractivity contribution is -0.172. The van der Waals surface area contributed by atoms with Gasteiger partial charge < -0.3 is 48.1 Å². The third-order valence-corrected chi connectivity index (χ3v) is 11.9. The maximum Gasteiger partial charge on any atom is 0.410 e. The Morgan fingerprint density at radius 1 is 0.545 bits per heavy atom. The minimum absolute atomic E-state index is 0.0115. The number of aliphatic carboxylic acids is 1. The van der Waals surface area contributed by atoms with Gasteiger partial charge in [-0.1, -0.05) is 54.6 Å². The van der Waals surface area contributed by atoms with Crippen LogP contribution in [0.25, 0.3) is 0 Å². The first kappa shape index (κ1) is 63.0. The zero-order valence-corrected chi connectivity index (χ0v) is 46.8. The first-order valence-corrected chi connectivity index (χ1v) is 25.8. The van der Waals surface area contributed by atoms with E-state index in [0.29, 0.717) is 32.0 Å². The summed E-state index contributed by atoms with van der Waals surface area (Å²) in [5.74, 6) is -4.03. The number of esters is 3. The lowest BCUT2D eigenvalue weighted by atomic mass is 10.00. The molecule has 20 heteroatoms. The third-order valence-electron chi connectivity index (χ3n) is 11.9. The van der Waals surface area contributed by atoms with Crippen molar-refractivity contribution >= 4 is 47.4 Å². The van der Waals surface area contributed by atoms with E-state index in [2.05, 4.69) is 9.80 Å². The second kappa shape index (κ2) is 28.2. The molecule has 0 saturated carbocycles. The standard InChI is InChI=1S/C32H43FN2O7.C25H37FN2O7/c1-31(2,3)42-30(38)34(6)26(21-32(4,5)33)28(36)41-27(29(37)40-22-24-10-8-7-9-11-24)20-23-12-14-25(15-13-23)35-16-18-39-19-17-35;1-24(2,3)35-23(32)27(6)19(16-25(4,5)26)22(31)34-20(21(29)30)15-17-7-9-18(10-8-17)28-11-13-33-14-12-28/h7-15,26-27H,16-22H2,1-6H3;7-10,19-20H,11-16H2,1-6H3,(H,29,30)/t26-,27+;19-,20+/m00/s1. The Balaban J connectivity index is 0.000000338. The second-order valence-electron chi connectivity index (χ2n) is 22.3. The van der Waals surface area contributed by atoms with Gasteiger partial charge in [-0.3, -0.25) is 9.80 Å². The van der Waals surface area contributed by atoms with E-state index in [0.717, 1.165) is 58.5 Å². The zero-order chi connectivity index (χ0) is 57.3. The SMILES string of the molecule is CN(C(=O)OC(C)(C)C)[C@@H](CC(C)(C)F)C(=O)O[C@H](Cc1ccc(N2CCOCC2)cc1)C(=O)O.CN(C(=O)OC(C)(C)C)[C@@H](CC(C)(C)F)C(=O)O[C@H](Cc1ccc(N2CCOCC2)cc1)C(=O)OCc1ccccc1. The van der Waals surface area contributed by atoms with Crippen LogP contribution in [-0.4, -0.2) is 165 Å². The van der Waals surface area contributed by atoms with Crippen molar-refractivity contribution in [2.45, 2.75) is 148 Å². The number of morpholine rings is 2. The van der Waals surface area contributed by atoms with Gasteiger partial charge in [0.1, 0.15) is 41.2 Å². The summed E-state index contributed by atoms with van der Waals surface area (Å²) in [6.07, 6.45) is -5.27. The quantitative estimate of drug-likeness (QED) is 0.0833. The first-order chi connectivity index (χ1) is 35.9. The van der Waals surface area contributed by atoms with Crippen molar-refractivity contribution in [3.05, 3.63) is 95.6 Å². The molecule has 3 aromatic rings. The van der Waals surface area contributed by atoms with Crippen LogP contribution in [-0.2, 0) is 71.8 Å². The highest BCUT2D eigenvalue weighted by Gasteiger charge is 2.40. The number of benzene rings is 3. The summed E-state index contributed by atoms with van der Waals surface area (Å²) in [5, 5.41) is 9.68. The molecule has 77 heavy (non-hydrogen) atoms. The molecule has 4 atom stereocenters. The highest BCUT2D eigenvalue weighted by molar-refractivity contribution is 5.86. The molecular formula is C57H80F2N4O14. The fourth-order valence-corrected chi connectivity index (χ4v) is 7.97. The molecule has 0 unspecified atom stereocenters. The summed E-state index contributed by atoms with van der Waals surface area (Å²) < 4.78 is 67.3. The number of likely N-dealkylation sites (N-methyl/N-ethyl adjacent to an activating group) is 2. The van der Waals surface area contributed by atoms with E-state index >= 15 is 0 Å². The summed E-state index contributed by atoms with van der Waals surface area (Å²) in [7, 11) is 2.64. The number of carboxylic acid groups (broad SMARTS) is 1. The smallest absolute Gasteiger partial charge is 0.410 e. The number of halogens is 2. The monoisotopic (exact) mass is 1080 g/mol. The Hall–Kier alpha value is -6.54. The number of nitrogens with zero attached hydrogens (tertiary/aromatic N) is 4. The van der Waals surface area contributed by atoms with Gasteiger partial charge in [0.15, 0.2) is 0 Å². The summed E-state index contributed by atoms with van der Waals surface area (Å²) >= 11 is 0. The van der Waals surface area contributed by atoms with Crippen molar-refractivity contribution in [2.75, 3.05) is 76.5 Å². The number of amides is 2. The van der Waals surface area contributed by atoms with Crippen LogP contribution in [0.1, 0.15) is 98.8 Å². The zero-order valence-electron chi connectivity index (χ0n) is 46.8. The van der Waals surface area contributed by atoms with E-state index in [1.54, 1.807) is 53.7 Å². The molecule has 0 radical (unpaired) electrons. The molecule has 2 fully saturated rings. The number of carboxylic acids is 1. The molecule has 0 bridgehead atoms. The van der Waals surface area contributed by atoms with Crippen LogP contribution in [0.4, 0.5) is 29.7 Å². The van der Waals surface area contributed by atoms with E-state index in [1.165, 1.54) is 41.8 Å². The molecule has 2 heterocycles. The molecule has 1 N–H and O–H groups in total. The number of carbonyl (C=O) groups is 6. The number of rotatable bonds is 20. The van der Waals surface area contributed by atoms with Crippen molar-refractivity contribution in [3.8, 4) is 0 Å². The maximum absolute atomic E-state index is 14.8. The molecule has 5 rings (SSSR count). The molecule has 2 saturated heterocycles. The van der Waals surface area contributed by atoms with Gasteiger partial charge >= 0.3 is 36.1 Å². The first-order valence-electron chi connectivity index (χ1n) is 25.8. The van der Waals surface area contributed by atoms with Gasteiger partial charge in [-0.25, -0.2) is 37.5 Å². The van der Waals surface area contributed by atoms with E-state index in [4.69, 9.17) is 33.2 Å². The highest BCUT2D eigenvalue weighted by Crippen LogP contribution is 2.26. The van der Waals surface area contributed by atoms with Crippen LogP contribution in [0.5, 0.6) is 0 Å². The summed E-state index contributed by atoms with van der Waals surface area (Å²) in [4.78, 5) is 83.3. The van der Waals surface area contributed by atoms with Gasteiger partial charge in [0.05, 0.1) is 26.4 Å². The highest BCUT2D eigenvalue weighted by atomic mass is 19.1. The molecule has 0 aliphatic carbocycles. The van der Waals surface area contributed by atoms with Gasteiger partial charge in [-0.05, 0) is 110 Å². The average molecular weight is 1080 g/mol. The van der Waals surface area contributed by atoms with E-state index in [9.17, 15) is 42.7 Å². The molecule has 0 spiro atoms. The molecule has 2 amide bonds. The number of hydrogen-bond donors (Lipinski definition) is 1. The Labute approximate surface area is 452 Å². The van der Waals surface area contributed by atoms with Crippen LogP contribution in [0.2, 0.25) is 0 Å². The summed E-state index contributed by atoms with van der Waals surface area (Å²) in [5.41, 5.74) is -1.13. The fourth-order valence-electron chi connectivity index (χ4n) is 7.97. The van der Waals surface area contributed by atoms with Gasteiger partial charge in [-0.15, -0.1) is 0 Å².